The van der Waals surface area contributed by atoms with Crippen molar-refractivity contribution in [3.8, 4) is 0 Å². The van der Waals surface area contributed by atoms with Gasteiger partial charge in [0.15, 0.2) is 0 Å². The zero-order chi connectivity index (χ0) is 14.9. The Morgan fingerprint density at radius 1 is 1.50 bits per heavy atom. The average Bonchev–Trinajstić information content (AvgIpc) is 2.85. The summed E-state index contributed by atoms with van der Waals surface area (Å²) in [5.41, 5.74) is 1.03. The zero-order valence-electron chi connectivity index (χ0n) is 10.8. The molecule has 1 aliphatic rings. The van der Waals surface area contributed by atoms with Crippen molar-refractivity contribution >= 4 is 33.6 Å². The van der Waals surface area contributed by atoms with Gasteiger partial charge in [-0.25, -0.2) is 14.0 Å². The second kappa shape index (κ2) is 5.78. The molecule has 2 rings (SSSR count). The Labute approximate surface area is 123 Å². The fourth-order valence-electron chi connectivity index (χ4n) is 2.23. The molecule has 2 amide bonds. The Kier molecular flexibility index (Phi) is 4.27. The van der Waals surface area contributed by atoms with Crippen molar-refractivity contribution in [2.75, 3.05) is 11.9 Å². The van der Waals surface area contributed by atoms with Crippen LogP contribution < -0.4 is 5.32 Å². The van der Waals surface area contributed by atoms with Crippen molar-refractivity contribution in [2.24, 2.45) is 0 Å². The number of amides is 2. The molecule has 0 unspecified atom stereocenters. The highest BCUT2D eigenvalue weighted by atomic mass is 79.9. The number of carbonyl (C=O) groups is 2. The van der Waals surface area contributed by atoms with Crippen molar-refractivity contribution in [3.63, 3.8) is 0 Å². The first-order valence-electron chi connectivity index (χ1n) is 6.16. The maximum atomic E-state index is 13.3. The number of benzene rings is 1. The highest BCUT2D eigenvalue weighted by Crippen LogP contribution is 2.25. The van der Waals surface area contributed by atoms with Crippen LogP contribution in [0.3, 0.4) is 0 Å². The molecule has 7 heteroatoms. The number of hydrogen-bond donors (Lipinski definition) is 2. The number of urea groups is 1. The SMILES string of the molecule is Cc1cc(F)c(Br)cc1NC(=O)N1CCC[C@@H]1C(=O)O. The quantitative estimate of drug-likeness (QED) is 0.866. The Hall–Kier alpha value is -1.63. The van der Waals surface area contributed by atoms with Crippen molar-refractivity contribution in [1.29, 1.82) is 0 Å². The Balaban J connectivity index is 2.16. The molecule has 20 heavy (non-hydrogen) atoms. The molecule has 2 N–H and O–H groups in total. The third-order valence-electron chi connectivity index (χ3n) is 3.31. The van der Waals surface area contributed by atoms with Gasteiger partial charge in [-0.1, -0.05) is 0 Å². The number of likely N-dealkylation sites (tertiary alicyclic amines) is 1. The van der Waals surface area contributed by atoms with E-state index < -0.39 is 23.9 Å². The van der Waals surface area contributed by atoms with E-state index in [1.54, 1.807) is 6.92 Å². The van der Waals surface area contributed by atoms with E-state index in [4.69, 9.17) is 5.11 Å². The van der Waals surface area contributed by atoms with E-state index in [0.29, 0.717) is 30.6 Å². The van der Waals surface area contributed by atoms with Crippen LogP contribution in [0.25, 0.3) is 0 Å². The number of aryl methyl sites for hydroxylation is 1. The monoisotopic (exact) mass is 344 g/mol. The van der Waals surface area contributed by atoms with Crippen molar-refractivity contribution in [3.05, 3.63) is 28.0 Å². The van der Waals surface area contributed by atoms with E-state index in [2.05, 4.69) is 21.2 Å². The minimum Gasteiger partial charge on any atom is -0.480 e. The molecule has 0 aliphatic carbocycles. The number of carboxylic acid groups (broad SMARTS) is 1. The van der Waals surface area contributed by atoms with Gasteiger partial charge >= 0.3 is 12.0 Å². The standard InChI is InChI=1S/C13H14BrFN2O3/c1-7-5-9(15)8(14)6-10(7)16-13(20)17-4-2-3-11(17)12(18)19/h5-6,11H,2-4H2,1H3,(H,16,20)(H,18,19)/t11-/m1/s1. The number of nitrogens with one attached hydrogen (secondary N) is 1. The number of rotatable bonds is 2. The molecule has 1 fully saturated rings. The summed E-state index contributed by atoms with van der Waals surface area (Å²) in [4.78, 5) is 24.5. The Morgan fingerprint density at radius 2 is 2.20 bits per heavy atom. The zero-order valence-corrected chi connectivity index (χ0v) is 12.4. The maximum Gasteiger partial charge on any atom is 0.326 e. The highest BCUT2D eigenvalue weighted by molar-refractivity contribution is 9.10. The van der Waals surface area contributed by atoms with Crippen LogP contribution in [0.4, 0.5) is 14.9 Å². The molecule has 1 atom stereocenters. The van der Waals surface area contributed by atoms with E-state index in [1.165, 1.54) is 17.0 Å². The first-order chi connectivity index (χ1) is 9.40. The molecule has 0 aromatic heterocycles. The molecule has 108 valence electrons. The molecule has 1 aromatic rings. The number of halogens is 2. The van der Waals surface area contributed by atoms with Crippen LogP contribution in [-0.2, 0) is 4.79 Å². The van der Waals surface area contributed by atoms with E-state index >= 15 is 0 Å². The summed E-state index contributed by atoms with van der Waals surface area (Å²) in [6.45, 7) is 2.08. The van der Waals surface area contributed by atoms with E-state index in [9.17, 15) is 14.0 Å². The van der Waals surface area contributed by atoms with Gasteiger partial charge in [0.2, 0.25) is 0 Å². The molecule has 0 spiro atoms. The summed E-state index contributed by atoms with van der Waals surface area (Å²) in [6, 6.07) is 1.50. The lowest BCUT2D eigenvalue weighted by Crippen LogP contribution is -2.42. The molecule has 5 nitrogen and oxygen atoms in total. The molecule has 1 heterocycles. The van der Waals surface area contributed by atoms with E-state index in [0.717, 1.165) is 0 Å². The largest absolute Gasteiger partial charge is 0.480 e. The van der Waals surface area contributed by atoms with E-state index in [1.807, 2.05) is 0 Å². The minimum atomic E-state index is -1.00. The lowest BCUT2D eigenvalue weighted by atomic mass is 10.2. The predicted molar refractivity (Wildman–Crippen MR) is 75.2 cm³/mol. The van der Waals surface area contributed by atoms with Crippen molar-refractivity contribution in [2.45, 2.75) is 25.8 Å². The van der Waals surface area contributed by atoms with Crippen LogP contribution in [-0.4, -0.2) is 34.6 Å². The van der Waals surface area contributed by atoms with Gasteiger partial charge in [-0.2, -0.15) is 0 Å². The van der Waals surface area contributed by atoms with Crippen molar-refractivity contribution in [1.82, 2.24) is 4.90 Å². The van der Waals surface area contributed by atoms with Gasteiger partial charge in [-0.05, 0) is 53.4 Å². The molecule has 0 saturated carbocycles. The molecule has 0 bridgehead atoms. The molecule has 1 aromatic carbocycles. The highest BCUT2D eigenvalue weighted by Gasteiger charge is 2.34. The van der Waals surface area contributed by atoms with Gasteiger partial charge in [0.05, 0.1) is 4.47 Å². The van der Waals surface area contributed by atoms with Gasteiger partial charge in [-0.15, -0.1) is 0 Å². The smallest absolute Gasteiger partial charge is 0.326 e. The molecular weight excluding hydrogens is 331 g/mol. The Bertz CT molecular complexity index is 565. The Morgan fingerprint density at radius 3 is 2.85 bits per heavy atom. The lowest BCUT2D eigenvalue weighted by Gasteiger charge is -2.22. The second-order valence-electron chi connectivity index (χ2n) is 4.70. The fourth-order valence-corrected chi connectivity index (χ4v) is 2.58. The maximum absolute atomic E-state index is 13.3. The number of carbonyl (C=O) groups excluding carboxylic acids is 1. The van der Waals surface area contributed by atoms with Crippen LogP contribution in [0.1, 0.15) is 18.4 Å². The first-order valence-corrected chi connectivity index (χ1v) is 6.95. The third-order valence-corrected chi connectivity index (χ3v) is 3.92. The van der Waals surface area contributed by atoms with Gasteiger partial charge in [-0.3, -0.25) is 0 Å². The van der Waals surface area contributed by atoms with Crippen LogP contribution in [0.15, 0.2) is 16.6 Å². The number of carboxylic acids is 1. The number of hydrogen-bond acceptors (Lipinski definition) is 2. The number of anilines is 1. The van der Waals surface area contributed by atoms with Gasteiger partial charge in [0, 0.05) is 12.2 Å². The van der Waals surface area contributed by atoms with Crippen molar-refractivity contribution < 1.29 is 19.1 Å². The summed E-state index contributed by atoms with van der Waals surface area (Å²) >= 11 is 3.05. The fraction of sp³-hybridized carbons (Fsp3) is 0.385. The van der Waals surface area contributed by atoms with Crippen LogP contribution in [0, 0.1) is 12.7 Å². The van der Waals surface area contributed by atoms with Crippen LogP contribution in [0.2, 0.25) is 0 Å². The van der Waals surface area contributed by atoms with E-state index in [-0.39, 0.29) is 4.47 Å². The van der Waals surface area contributed by atoms with Gasteiger partial charge in [0.1, 0.15) is 11.9 Å². The second-order valence-corrected chi connectivity index (χ2v) is 5.56. The number of nitrogens with zero attached hydrogens (tertiary/aromatic N) is 1. The lowest BCUT2D eigenvalue weighted by molar-refractivity contribution is -0.141. The summed E-state index contributed by atoms with van der Waals surface area (Å²) in [7, 11) is 0. The summed E-state index contributed by atoms with van der Waals surface area (Å²) in [5, 5.41) is 11.7. The van der Waals surface area contributed by atoms with Gasteiger partial charge < -0.3 is 15.3 Å². The molecular formula is C13H14BrFN2O3. The summed E-state index contributed by atoms with van der Waals surface area (Å²) in [5.74, 6) is -1.42. The normalized spacial score (nSPS) is 18.1. The average molecular weight is 345 g/mol. The molecule has 1 aliphatic heterocycles. The molecule has 0 radical (unpaired) electrons. The van der Waals surface area contributed by atoms with Crippen LogP contribution >= 0.6 is 15.9 Å². The summed E-state index contributed by atoms with van der Waals surface area (Å²) in [6.07, 6.45) is 1.12. The van der Waals surface area contributed by atoms with Crippen LogP contribution in [0.5, 0.6) is 0 Å². The third kappa shape index (κ3) is 2.92. The topological polar surface area (TPSA) is 69.6 Å². The van der Waals surface area contributed by atoms with Gasteiger partial charge in [0.25, 0.3) is 0 Å². The minimum absolute atomic E-state index is 0.245. The molecule has 1 saturated heterocycles. The summed E-state index contributed by atoms with van der Waals surface area (Å²) < 4.78 is 13.6. The number of aliphatic carboxylic acids is 1. The predicted octanol–water partition coefficient (Wildman–Crippen LogP) is 2.98. The first kappa shape index (κ1) is 14.8.